The quantitative estimate of drug-likeness (QED) is 0.571. The van der Waals surface area contributed by atoms with E-state index in [1.54, 1.807) is 12.1 Å². The van der Waals surface area contributed by atoms with Crippen LogP contribution in [0.3, 0.4) is 0 Å². The lowest BCUT2D eigenvalue weighted by Gasteiger charge is -2.18. The molecule has 2 N–H and O–H groups in total. The Kier molecular flexibility index (Phi) is 6.03. The Balaban J connectivity index is 1.35. The summed E-state index contributed by atoms with van der Waals surface area (Å²) in [6.45, 7) is 0.764. The van der Waals surface area contributed by atoms with Gasteiger partial charge in [-0.25, -0.2) is 12.7 Å². The number of fused-ring (bicyclic) bond motifs is 1. The largest absolute Gasteiger partial charge is 0.361 e. The number of carbonyl (C=O) groups excluding carboxylic acids is 2. The van der Waals surface area contributed by atoms with Gasteiger partial charge in [-0.2, -0.15) is 0 Å². The fourth-order valence-corrected chi connectivity index (χ4v) is 4.85. The number of hydrogen-bond donors (Lipinski definition) is 2. The summed E-state index contributed by atoms with van der Waals surface area (Å²) in [6.07, 6.45) is 2.79. The molecule has 0 aliphatic carbocycles. The van der Waals surface area contributed by atoms with E-state index in [4.69, 9.17) is 0 Å². The number of para-hydroxylation sites is 1. The fourth-order valence-electron chi connectivity index (χ4n) is 3.94. The van der Waals surface area contributed by atoms with E-state index in [1.165, 1.54) is 31.1 Å². The predicted octanol–water partition coefficient (Wildman–Crippen LogP) is 2.13. The summed E-state index contributed by atoms with van der Waals surface area (Å²) in [5.41, 5.74) is 2.79. The van der Waals surface area contributed by atoms with E-state index in [0.29, 0.717) is 18.7 Å². The fraction of sp³-hybridized carbons (Fsp3) is 0.304. The van der Waals surface area contributed by atoms with Crippen molar-refractivity contribution in [2.75, 3.05) is 32.1 Å². The van der Waals surface area contributed by atoms with Gasteiger partial charge in [0.05, 0.1) is 10.8 Å². The van der Waals surface area contributed by atoms with Gasteiger partial charge in [-0.1, -0.05) is 18.2 Å². The van der Waals surface area contributed by atoms with Gasteiger partial charge in [-0.3, -0.25) is 9.59 Å². The van der Waals surface area contributed by atoms with E-state index < -0.39 is 15.9 Å². The molecule has 1 aliphatic rings. The zero-order valence-electron chi connectivity index (χ0n) is 18.0. The zero-order valence-corrected chi connectivity index (χ0v) is 18.9. The predicted molar refractivity (Wildman–Crippen MR) is 123 cm³/mol. The minimum Gasteiger partial charge on any atom is -0.361 e. The van der Waals surface area contributed by atoms with Crippen LogP contribution in [0.25, 0.3) is 10.9 Å². The number of rotatable bonds is 7. The first-order chi connectivity index (χ1) is 15.3. The Morgan fingerprint density at radius 2 is 1.88 bits per heavy atom. The summed E-state index contributed by atoms with van der Waals surface area (Å²) >= 11 is 0. The van der Waals surface area contributed by atoms with Crippen molar-refractivity contribution in [3.63, 3.8) is 0 Å². The second-order valence-corrected chi connectivity index (χ2v) is 10.2. The van der Waals surface area contributed by atoms with Crippen molar-refractivity contribution in [1.82, 2.24) is 14.6 Å². The Morgan fingerprint density at radius 3 is 2.59 bits per heavy atom. The van der Waals surface area contributed by atoms with Crippen molar-refractivity contribution < 1.29 is 18.0 Å². The maximum Gasteiger partial charge on any atom is 0.242 e. The number of nitrogens with one attached hydrogen (secondary N) is 2. The molecule has 32 heavy (non-hydrogen) atoms. The van der Waals surface area contributed by atoms with Gasteiger partial charge >= 0.3 is 0 Å². The normalized spacial score (nSPS) is 16.8. The second-order valence-electron chi connectivity index (χ2n) is 8.09. The number of H-pyrrole nitrogens is 1. The van der Waals surface area contributed by atoms with Crippen molar-refractivity contribution in [2.24, 2.45) is 5.92 Å². The van der Waals surface area contributed by atoms with E-state index in [9.17, 15) is 18.0 Å². The minimum atomic E-state index is -3.53. The molecule has 1 atom stereocenters. The molecule has 9 heteroatoms. The molecular weight excluding hydrogens is 428 g/mol. The number of aromatic nitrogens is 1. The van der Waals surface area contributed by atoms with Gasteiger partial charge in [0.15, 0.2) is 0 Å². The number of nitrogens with zero attached hydrogens (tertiary/aromatic N) is 2. The molecule has 2 amide bonds. The van der Waals surface area contributed by atoms with Gasteiger partial charge in [-0.05, 0) is 42.3 Å². The highest BCUT2D eigenvalue weighted by atomic mass is 32.2. The van der Waals surface area contributed by atoms with E-state index in [2.05, 4.69) is 10.3 Å². The molecule has 1 saturated heterocycles. The van der Waals surface area contributed by atoms with E-state index >= 15 is 0 Å². The summed E-state index contributed by atoms with van der Waals surface area (Å²) in [5.74, 6) is -0.729. The first-order valence-electron chi connectivity index (χ1n) is 10.4. The number of anilines is 1. The average Bonchev–Trinajstić information content (AvgIpc) is 3.37. The maximum absolute atomic E-state index is 12.6. The highest BCUT2D eigenvalue weighted by Crippen LogP contribution is 2.27. The van der Waals surface area contributed by atoms with Crippen molar-refractivity contribution >= 4 is 38.4 Å². The Morgan fingerprint density at radius 1 is 1.16 bits per heavy atom. The molecule has 2 heterocycles. The van der Waals surface area contributed by atoms with Crippen molar-refractivity contribution in [1.29, 1.82) is 0 Å². The maximum atomic E-state index is 12.6. The Labute approximate surface area is 187 Å². The van der Waals surface area contributed by atoms with Gasteiger partial charge < -0.3 is 15.2 Å². The zero-order chi connectivity index (χ0) is 22.9. The number of carbonyl (C=O) groups is 2. The van der Waals surface area contributed by atoms with Crippen molar-refractivity contribution in [3.8, 4) is 0 Å². The molecule has 8 nitrogen and oxygen atoms in total. The van der Waals surface area contributed by atoms with Gasteiger partial charge in [0.1, 0.15) is 0 Å². The molecule has 0 saturated carbocycles. The highest BCUT2D eigenvalue weighted by molar-refractivity contribution is 7.89. The molecule has 0 radical (unpaired) electrons. The van der Waals surface area contributed by atoms with Gasteiger partial charge in [0.25, 0.3) is 0 Å². The summed E-state index contributed by atoms with van der Waals surface area (Å²) < 4.78 is 25.6. The number of benzene rings is 2. The molecule has 3 aromatic rings. The van der Waals surface area contributed by atoms with Crippen LogP contribution in [0.15, 0.2) is 59.6 Å². The molecule has 4 rings (SSSR count). The second kappa shape index (κ2) is 8.76. The summed E-state index contributed by atoms with van der Waals surface area (Å²) in [5, 5.41) is 4.09. The third-order valence-electron chi connectivity index (χ3n) is 5.79. The van der Waals surface area contributed by atoms with Crippen LogP contribution in [-0.4, -0.2) is 56.7 Å². The third-order valence-corrected chi connectivity index (χ3v) is 7.62. The van der Waals surface area contributed by atoms with Crippen LogP contribution in [-0.2, 0) is 26.0 Å². The molecule has 1 aliphatic heterocycles. The van der Waals surface area contributed by atoms with Crippen molar-refractivity contribution in [3.05, 3.63) is 60.3 Å². The van der Waals surface area contributed by atoms with Crippen LogP contribution in [0.5, 0.6) is 0 Å². The van der Waals surface area contributed by atoms with Crippen LogP contribution < -0.4 is 10.2 Å². The smallest absolute Gasteiger partial charge is 0.242 e. The lowest BCUT2D eigenvalue weighted by atomic mass is 10.1. The summed E-state index contributed by atoms with van der Waals surface area (Å²) in [6, 6.07) is 14.2. The first-order valence-corrected chi connectivity index (χ1v) is 11.9. The van der Waals surface area contributed by atoms with Crippen molar-refractivity contribution in [2.45, 2.75) is 17.7 Å². The summed E-state index contributed by atoms with van der Waals surface area (Å²) in [7, 11) is -0.600. The standard InChI is InChI=1S/C23H26N4O4S/c1-26(2)32(30,31)19-9-7-18(8-10-19)27-15-17(13-22(27)28)23(29)24-12-11-16-14-25-21-6-4-3-5-20(16)21/h3-10,14,17,25H,11-13,15H2,1-2H3,(H,24,29)/t17-/m0/s1. The van der Waals surface area contributed by atoms with Crippen LogP contribution in [0.1, 0.15) is 12.0 Å². The number of sulfonamides is 1. The summed E-state index contributed by atoms with van der Waals surface area (Å²) in [4.78, 5) is 30.1. The molecule has 0 spiro atoms. The molecule has 1 fully saturated rings. The topological polar surface area (TPSA) is 103 Å². The lowest BCUT2D eigenvalue weighted by Crippen LogP contribution is -2.34. The minimum absolute atomic E-state index is 0.136. The Hall–Kier alpha value is -3.17. The van der Waals surface area contributed by atoms with Gasteiger partial charge in [-0.15, -0.1) is 0 Å². The number of aromatic amines is 1. The first kappa shape index (κ1) is 22.0. The average molecular weight is 455 g/mol. The molecule has 0 unspecified atom stereocenters. The molecule has 0 bridgehead atoms. The van der Waals surface area contributed by atoms with E-state index in [0.717, 1.165) is 20.8 Å². The number of amides is 2. The number of hydrogen-bond acceptors (Lipinski definition) is 4. The monoisotopic (exact) mass is 454 g/mol. The van der Waals surface area contributed by atoms with Gasteiger partial charge in [0, 0.05) is 56.4 Å². The molecule has 2 aromatic carbocycles. The van der Waals surface area contributed by atoms with Gasteiger partial charge in [0.2, 0.25) is 21.8 Å². The SMILES string of the molecule is CN(C)S(=O)(=O)c1ccc(N2C[C@@H](C(=O)NCCc3c[nH]c4ccccc34)CC2=O)cc1. The van der Waals surface area contributed by atoms with E-state index in [-0.39, 0.29) is 29.7 Å². The highest BCUT2D eigenvalue weighted by Gasteiger charge is 2.35. The Bertz CT molecular complexity index is 1250. The van der Waals surface area contributed by atoms with Crippen LogP contribution >= 0.6 is 0 Å². The lowest BCUT2D eigenvalue weighted by molar-refractivity contribution is -0.126. The van der Waals surface area contributed by atoms with Crippen LogP contribution in [0.4, 0.5) is 5.69 Å². The molecule has 1 aromatic heterocycles. The van der Waals surface area contributed by atoms with Crippen LogP contribution in [0.2, 0.25) is 0 Å². The van der Waals surface area contributed by atoms with Crippen LogP contribution in [0, 0.1) is 5.92 Å². The molecule has 168 valence electrons. The van der Waals surface area contributed by atoms with E-state index in [1.807, 2.05) is 30.5 Å². The third kappa shape index (κ3) is 4.26. The molecular formula is C23H26N4O4S.